The third-order valence-electron chi connectivity index (χ3n) is 10.4. The fraction of sp³-hybridized carbons (Fsp3) is 0.457. The molecule has 3 aromatic carbocycles. The van der Waals surface area contributed by atoms with Gasteiger partial charge in [-0.2, -0.15) is 0 Å². The molecule has 1 saturated heterocycles. The Bertz CT molecular complexity index is 1880. The van der Waals surface area contributed by atoms with Crippen LogP contribution in [0.4, 0.5) is 9.59 Å². The largest absolute Gasteiger partial charge is 0.449 e. The molecule has 1 heterocycles. The Kier molecular flexibility index (Phi) is 15.1. The molecule has 1 aliphatic carbocycles. The molecule has 5 N–H and O–H groups in total. The zero-order valence-electron chi connectivity index (χ0n) is 34.4. The van der Waals surface area contributed by atoms with Crippen LogP contribution in [0, 0.1) is 17.8 Å². The zero-order chi connectivity index (χ0) is 41.8. The van der Waals surface area contributed by atoms with Crippen LogP contribution < -0.4 is 21.7 Å². The molecule has 1 aliphatic heterocycles. The molecule has 0 unspecified atom stereocenters. The van der Waals surface area contributed by atoms with E-state index in [-0.39, 0.29) is 43.4 Å². The highest BCUT2D eigenvalue weighted by Gasteiger charge is 2.36. The number of alkyl carbamates (subject to hydrolysis) is 2. The zero-order valence-corrected chi connectivity index (χ0v) is 34.4. The number of ether oxygens (including phenoxy) is 2. The van der Waals surface area contributed by atoms with E-state index in [1.54, 1.807) is 25.7 Å². The number of hydrogen-bond donors (Lipinski definition) is 4. The molecular formula is C46H59N5O7. The van der Waals surface area contributed by atoms with Gasteiger partial charge in [0.1, 0.15) is 24.3 Å². The molecule has 0 radical (unpaired) electrons. The smallest absolute Gasteiger partial charge is 0.408 e. The minimum Gasteiger partial charge on any atom is -0.449 e. The molecule has 5 amide bonds. The summed E-state index contributed by atoms with van der Waals surface area (Å²) in [6.45, 7) is 10.3. The third kappa shape index (κ3) is 12.2. The Labute approximate surface area is 342 Å². The Morgan fingerprint density at radius 2 is 1.52 bits per heavy atom. The fourth-order valence-corrected chi connectivity index (χ4v) is 7.73. The number of nitrogens with two attached hydrogens (primary N) is 1. The second kappa shape index (κ2) is 20.2. The average Bonchev–Trinajstić information content (AvgIpc) is 3.76. The van der Waals surface area contributed by atoms with Crippen molar-refractivity contribution in [3.05, 3.63) is 108 Å². The Balaban J connectivity index is 1.16. The lowest BCUT2D eigenvalue weighted by Gasteiger charge is -2.30. The van der Waals surface area contributed by atoms with Gasteiger partial charge in [-0.15, -0.1) is 0 Å². The van der Waals surface area contributed by atoms with Gasteiger partial charge in [0.2, 0.25) is 17.7 Å². The minimum atomic E-state index is -1.16. The van der Waals surface area contributed by atoms with Gasteiger partial charge in [0.15, 0.2) is 0 Å². The number of nitrogens with one attached hydrogen (secondary N) is 3. The molecule has 0 bridgehead atoms. The molecule has 3 aromatic rings. The number of amides is 5. The highest BCUT2D eigenvalue weighted by Crippen LogP contribution is 2.44. The van der Waals surface area contributed by atoms with Crippen LogP contribution in [-0.4, -0.2) is 72.3 Å². The van der Waals surface area contributed by atoms with Gasteiger partial charge in [0.05, 0.1) is 12.0 Å². The summed E-state index contributed by atoms with van der Waals surface area (Å²) in [6.07, 6.45) is 4.60. The van der Waals surface area contributed by atoms with Gasteiger partial charge in [-0.1, -0.05) is 105 Å². The number of carbonyl (C=O) groups is 5. The van der Waals surface area contributed by atoms with Crippen LogP contribution in [0.1, 0.15) is 89.3 Å². The summed E-state index contributed by atoms with van der Waals surface area (Å²) in [7, 11) is 0. The van der Waals surface area contributed by atoms with Crippen LogP contribution in [0.5, 0.6) is 0 Å². The molecule has 310 valence electrons. The number of likely N-dealkylation sites (tertiary alicyclic amines) is 1. The van der Waals surface area contributed by atoms with E-state index in [0.717, 1.165) is 27.8 Å². The highest BCUT2D eigenvalue weighted by atomic mass is 16.6. The first-order valence-electron chi connectivity index (χ1n) is 20.4. The van der Waals surface area contributed by atoms with E-state index in [9.17, 15) is 24.0 Å². The van der Waals surface area contributed by atoms with Gasteiger partial charge in [-0.05, 0) is 93.0 Å². The van der Waals surface area contributed by atoms with Crippen LogP contribution in [-0.2, 0) is 30.3 Å². The summed E-state index contributed by atoms with van der Waals surface area (Å²) >= 11 is 0. The highest BCUT2D eigenvalue weighted by molar-refractivity contribution is 5.99. The van der Waals surface area contributed by atoms with E-state index in [0.29, 0.717) is 38.6 Å². The van der Waals surface area contributed by atoms with Gasteiger partial charge in [-0.3, -0.25) is 14.4 Å². The van der Waals surface area contributed by atoms with Crippen molar-refractivity contribution in [2.45, 2.75) is 96.9 Å². The molecule has 2 aliphatic rings. The van der Waals surface area contributed by atoms with E-state index in [2.05, 4.69) is 54.1 Å². The predicted octanol–water partition coefficient (Wildman–Crippen LogP) is 6.83. The maximum atomic E-state index is 14.3. The first kappa shape index (κ1) is 43.5. The van der Waals surface area contributed by atoms with Crippen LogP contribution in [0.2, 0.25) is 0 Å². The molecule has 0 saturated carbocycles. The number of benzene rings is 3. The number of rotatable bonds is 17. The van der Waals surface area contributed by atoms with E-state index in [1.165, 1.54) is 0 Å². The van der Waals surface area contributed by atoms with Crippen molar-refractivity contribution in [1.29, 1.82) is 0 Å². The first-order valence-corrected chi connectivity index (χ1v) is 20.4. The Hall–Kier alpha value is -5.65. The van der Waals surface area contributed by atoms with Crippen LogP contribution in [0.15, 0.2) is 91.0 Å². The van der Waals surface area contributed by atoms with Crippen molar-refractivity contribution in [3.8, 4) is 11.1 Å². The van der Waals surface area contributed by atoms with E-state index in [1.807, 2.05) is 66.7 Å². The van der Waals surface area contributed by atoms with E-state index >= 15 is 0 Å². The summed E-state index contributed by atoms with van der Waals surface area (Å²) in [6, 6.07) is 25.5. The van der Waals surface area contributed by atoms with Crippen LogP contribution in [0.3, 0.4) is 0 Å². The third-order valence-corrected chi connectivity index (χ3v) is 10.4. The maximum absolute atomic E-state index is 14.3. The Morgan fingerprint density at radius 1 is 0.879 bits per heavy atom. The van der Waals surface area contributed by atoms with Gasteiger partial charge in [0.25, 0.3) is 0 Å². The van der Waals surface area contributed by atoms with Crippen LogP contribution in [0.25, 0.3) is 11.1 Å². The fourth-order valence-electron chi connectivity index (χ4n) is 7.73. The monoisotopic (exact) mass is 793 g/mol. The topological polar surface area (TPSA) is 169 Å². The predicted molar refractivity (Wildman–Crippen MR) is 223 cm³/mol. The summed E-state index contributed by atoms with van der Waals surface area (Å²) in [5.41, 5.74) is 10.5. The summed E-state index contributed by atoms with van der Waals surface area (Å²) in [5.74, 6) is -3.08. The molecule has 0 aromatic heterocycles. The van der Waals surface area contributed by atoms with Crippen molar-refractivity contribution in [1.82, 2.24) is 20.9 Å². The molecule has 1 fully saturated rings. The molecule has 5 rings (SSSR count). The molecule has 0 spiro atoms. The number of primary amides is 1. The minimum absolute atomic E-state index is 0.0734. The molecule has 12 heteroatoms. The summed E-state index contributed by atoms with van der Waals surface area (Å²) < 4.78 is 11.1. The maximum Gasteiger partial charge on any atom is 0.408 e. The second-order valence-electron chi connectivity index (χ2n) is 16.6. The van der Waals surface area contributed by atoms with E-state index in [4.69, 9.17) is 15.2 Å². The Morgan fingerprint density at radius 3 is 2.14 bits per heavy atom. The first-order chi connectivity index (χ1) is 27.7. The molecule has 12 nitrogen and oxygen atoms in total. The number of nitrogens with zero attached hydrogens (tertiary/aromatic N) is 1. The average molecular weight is 794 g/mol. The molecule has 4 atom stereocenters. The van der Waals surface area contributed by atoms with Gasteiger partial charge < -0.3 is 36.1 Å². The van der Waals surface area contributed by atoms with Gasteiger partial charge in [0, 0.05) is 19.0 Å². The quantitative estimate of drug-likeness (QED) is 0.0660. The lowest BCUT2D eigenvalue weighted by molar-refractivity contribution is -0.138. The van der Waals surface area contributed by atoms with Crippen molar-refractivity contribution in [2.24, 2.45) is 23.5 Å². The van der Waals surface area contributed by atoms with Gasteiger partial charge in [-0.25, -0.2) is 9.59 Å². The normalized spacial score (nSPS) is 16.6. The second-order valence-corrected chi connectivity index (χ2v) is 16.6. The van der Waals surface area contributed by atoms with E-state index < -0.39 is 47.6 Å². The summed E-state index contributed by atoms with van der Waals surface area (Å²) in [5, 5.41) is 8.59. The van der Waals surface area contributed by atoms with Crippen molar-refractivity contribution in [3.63, 3.8) is 0 Å². The SMILES string of the molecule is CC(C)C[C@@H](/C=C/[C@H](Cc1ccccc1)C(=O)N1CCC[C@H]1NC(=O)[C@@H](CCCNC(=O)OCC1c2ccccc2-c2ccccc21)C(N)=O)NC(=O)OC(C)(C)C. The standard InChI is InChI=1S/C46H59N5O7/c1-30(2)27-33(49-45(56)58-46(3,4)5)24-23-32(28-31-15-7-6-8-16-31)43(54)51-26-14-22-40(51)50-42(53)38(41(47)52)21-13-25-48-44(55)57-29-39-36-19-11-9-17-34(36)35-18-10-12-20-37(35)39/h6-12,15-20,23-24,30,32-33,38-40H,13-14,21-22,25-29H2,1-5H3,(H2,47,52)(H,48,55)(H,49,56)(H,50,53)/b24-23+/t32-,33-,38+,40+/m1/s1. The molecular weight excluding hydrogens is 735 g/mol. The van der Waals surface area contributed by atoms with Crippen LogP contribution >= 0.6 is 0 Å². The lowest BCUT2D eigenvalue weighted by atomic mass is 9.95. The lowest BCUT2D eigenvalue weighted by Crippen LogP contribution is -2.52. The number of hydrogen-bond acceptors (Lipinski definition) is 7. The number of carbonyl (C=O) groups excluding carboxylic acids is 5. The van der Waals surface area contributed by atoms with Crippen molar-refractivity contribution in [2.75, 3.05) is 19.7 Å². The molecule has 58 heavy (non-hydrogen) atoms. The number of fused-ring (bicyclic) bond motifs is 3. The van der Waals surface area contributed by atoms with Crippen molar-refractivity contribution >= 4 is 29.9 Å². The van der Waals surface area contributed by atoms with Gasteiger partial charge >= 0.3 is 12.2 Å². The van der Waals surface area contributed by atoms with Crippen molar-refractivity contribution < 1.29 is 33.4 Å². The summed E-state index contributed by atoms with van der Waals surface area (Å²) in [4.78, 5) is 67.4.